The number of ether oxygens (including phenoxy) is 1. The molecule has 0 aliphatic carbocycles. The minimum absolute atomic E-state index is 0.0908. The third-order valence-electron chi connectivity index (χ3n) is 4.65. The van der Waals surface area contributed by atoms with Crippen LogP contribution < -0.4 is 5.32 Å². The lowest BCUT2D eigenvalue weighted by Gasteiger charge is -2.23. The van der Waals surface area contributed by atoms with Crippen LogP contribution in [0.15, 0.2) is 48.5 Å². The first-order valence-corrected chi connectivity index (χ1v) is 9.58. The number of hydrogen-bond acceptors (Lipinski definition) is 4. The fourth-order valence-electron chi connectivity index (χ4n) is 2.90. The van der Waals surface area contributed by atoms with Crippen LogP contribution >= 0.6 is 0 Å². The van der Waals surface area contributed by atoms with Gasteiger partial charge in [-0.25, -0.2) is 4.79 Å². The second-order valence-electron chi connectivity index (χ2n) is 7.54. The summed E-state index contributed by atoms with van der Waals surface area (Å²) >= 11 is 0. The molecule has 0 aromatic heterocycles. The highest BCUT2D eigenvalue weighted by Crippen LogP contribution is 2.24. The van der Waals surface area contributed by atoms with Crippen LogP contribution in [0.4, 0.5) is 0 Å². The summed E-state index contributed by atoms with van der Waals surface area (Å²) < 4.78 is 5.12. The largest absolute Gasteiger partial charge is 0.452 e. The van der Waals surface area contributed by atoms with Gasteiger partial charge in [0.15, 0.2) is 6.61 Å². The van der Waals surface area contributed by atoms with E-state index in [4.69, 9.17) is 9.84 Å². The quantitative estimate of drug-likeness (QED) is 0.676. The van der Waals surface area contributed by atoms with Gasteiger partial charge in [0.25, 0.3) is 5.91 Å². The Labute approximate surface area is 166 Å². The average molecular weight is 383 g/mol. The summed E-state index contributed by atoms with van der Waals surface area (Å²) in [6.45, 7) is 7.93. The summed E-state index contributed by atoms with van der Waals surface area (Å²) in [6.07, 6.45) is 0. The molecule has 0 radical (unpaired) electrons. The molecule has 1 atom stereocenters. The number of aliphatic hydroxyl groups excluding tert-OH is 1. The van der Waals surface area contributed by atoms with Crippen LogP contribution in [0.2, 0.25) is 0 Å². The van der Waals surface area contributed by atoms with Crippen LogP contribution in [0.25, 0.3) is 0 Å². The van der Waals surface area contributed by atoms with Gasteiger partial charge in [0.2, 0.25) is 0 Å². The number of benzene rings is 2. The molecule has 0 saturated heterocycles. The Morgan fingerprint density at radius 2 is 1.50 bits per heavy atom. The maximum atomic E-state index is 12.3. The number of amides is 1. The van der Waals surface area contributed by atoms with Crippen molar-refractivity contribution in [3.8, 4) is 0 Å². The van der Waals surface area contributed by atoms with E-state index in [9.17, 15) is 9.59 Å². The van der Waals surface area contributed by atoms with Crippen LogP contribution in [0.1, 0.15) is 66.7 Å². The summed E-state index contributed by atoms with van der Waals surface area (Å²) in [7, 11) is 0. The molecule has 5 heteroatoms. The van der Waals surface area contributed by atoms with Crippen LogP contribution in [0.3, 0.4) is 0 Å². The van der Waals surface area contributed by atoms with Gasteiger partial charge in [-0.15, -0.1) is 0 Å². The standard InChI is InChI=1S/C23H29NO4/c1-15(2)18-9-11-19(12-10-18)22(16(3)4)24-21(26)14-28-23(27)20-7-5-17(13-25)6-8-20/h5-12,15-16,22,25H,13-14H2,1-4H3,(H,24,26)/t22-/m0/s1. The van der Waals surface area contributed by atoms with Gasteiger partial charge in [0, 0.05) is 0 Å². The molecule has 2 aromatic carbocycles. The van der Waals surface area contributed by atoms with Crippen LogP contribution in [-0.2, 0) is 16.1 Å². The minimum Gasteiger partial charge on any atom is -0.452 e. The Hall–Kier alpha value is -2.66. The molecular formula is C23H29NO4. The number of carbonyl (C=O) groups is 2. The fraction of sp³-hybridized carbons (Fsp3) is 0.391. The van der Waals surface area contributed by atoms with Gasteiger partial charge in [-0.1, -0.05) is 64.1 Å². The summed E-state index contributed by atoms with van der Waals surface area (Å²) in [5, 5.41) is 12.0. The van der Waals surface area contributed by atoms with Crippen molar-refractivity contribution in [2.75, 3.05) is 6.61 Å². The third-order valence-corrected chi connectivity index (χ3v) is 4.65. The van der Waals surface area contributed by atoms with Crippen molar-refractivity contribution in [1.29, 1.82) is 0 Å². The first-order chi connectivity index (χ1) is 13.3. The van der Waals surface area contributed by atoms with E-state index in [1.54, 1.807) is 24.3 Å². The van der Waals surface area contributed by atoms with E-state index in [1.165, 1.54) is 5.56 Å². The van der Waals surface area contributed by atoms with Gasteiger partial charge < -0.3 is 15.2 Å². The van der Waals surface area contributed by atoms with E-state index in [-0.39, 0.29) is 31.1 Å². The molecule has 0 saturated carbocycles. The van der Waals surface area contributed by atoms with Crippen molar-refractivity contribution in [3.63, 3.8) is 0 Å². The molecule has 2 rings (SSSR count). The SMILES string of the molecule is CC(C)c1ccc([C@@H](NC(=O)COC(=O)c2ccc(CO)cc2)C(C)C)cc1. The second-order valence-corrected chi connectivity index (χ2v) is 7.54. The Morgan fingerprint density at radius 1 is 0.929 bits per heavy atom. The lowest BCUT2D eigenvalue weighted by Crippen LogP contribution is -2.35. The molecule has 28 heavy (non-hydrogen) atoms. The number of hydrogen-bond donors (Lipinski definition) is 2. The Balaban J connectivity index is 1.95. The monoisotopic (exact) mass is 383 g/mol. The molecule has 0 aliphatic heterocycles. The van der Waals surface area contributed by atoms with Gasteiger partial charge in [-0.05, 0) is 40.7 Å². The highest BCUT2D eigenvalue weighted by Gasteiger charge is 2.19. The summed E-state index contributed by atoms with van der Waals surface area (Å²) in [6, 6.07) is 14.5. The van der Waals surface area contributed by atoms with Gasteiger partial charge in [0.1, 0.15) is 0 Å². The molecule has 0 heterocycles. The van der Waals surface area contributed by atoms with Gasteiger partial charge in [0.05, 0.1) is 18.2 Å². The summed E-state index contributed by atoms with van der Waals surface area (Å²) in [5.41, 5.74) is 3.32. The number of nitrogens with one attached hydrogen (secondary N) is 1. The Bertz CT molecular complexity index is 779. The molecule has 0 unspecified atom stereocenters. The first kappa shape index (κ1) is 21.6. The highest BCUT2D eigenvalue weighted by atomic mass is 16.5. The predicted octanol–water partition coefficient (Wildman–Crippen LogP) is 3.97. The van der Waals surface area contributed by atoms with Crippen LogP contribution in [0.5, 0.6) is 0 Å². The van der Waals surface area contributed by atoms with Crippen molar-refractivity contribution in [3.05, 3.63) is 70.8 Å². The molecule has 0 spiro atoms. The number of carbonyl (C=O) groups excluding carboxylic acids is 2. The predicted molar refractivity (Wildman–Crippen MR) is 109 cm³/mol. The topological polar surface area (TPSA) is 75.6 Å². The molecule has 0 bridgehead atoms. The first-order valence-electron chi connectivity index (χ1n) is 9.58. The van der Waals surface area contributed by atoms with Crippen molar-refractivity contribution < 1.29 is 19.4 Å². The molecule has 2 aromatic rings. The van der Waals surface area contributed by atoms with Crippen LogP contribution in [-0.4, -0.2) is 23.6 Å². The fourth-order valence-corrected chi connectivity index (χ4v) is 2.90. The molecule has 1 amide bonds. The molecule has 150 valence electrons. The van der Waals surface area contributed by atoms with Crippen LogP contribution in [0, 0.1) is 5.92 Å². The molecule has 0 fully saturated rings. The lowest BCUT2D eigenvalue weighted by atomic mass is 9.93. The lowest BCUT2D eigenvalue weighted by molar-refractivity contribution is -0.125. The van der Waals surface area contributed by atoms with E-state index in [0.717, 1.165) is 5.56 Å². The van der Waals surface area contributed by atoms with E-state index in [1.807, 2.05) is 26.0 Å². The maximum absolute atomic E-state index is 12.3. The molecule has 5 nitrogen and oxygen atoms in total. The van der Waals surface area contributed by atoms with Crippen molar-refractivity contribution in [2.45, 2.75) is 46.3 Å². The maximum Gasteiger partial charge on any atom is 0.338 e. The normalized spacial score (nSPS) is 12.1. The second kappa shape index (κ2) is 10.0. The van der Waals surface area contributed by atoms with Gasteiger partial charge in [-0.2, -0.15) is 0 Å². The number of esters is 1. The van der Waals surface area contributed by atoms with Crippen molar-refractivity contribution >= 4 is 11.9 Å². The zero-order valence-corrected chi connectivity index (χ0v) is 16.9. The average Bonchev–Trinajstić information content (AvgIpc) is 2.70. The minimum atomic E-state index is -0.568. The summed E-state index contributed by atoms with van der Waals surface area (Å²) in [5.74, 6) is -0.267. The van der Waals surface area contributed by atoms with Crippen molar-refractivity contribution in [2.24, 2.45) is 5.92 Å². The highest BCUT2D eigenvalue weighted by molar-refractivity contribution is 5.91. The Morgan fingerprint density at radius 3 is 2.00 bits per heavy atom. The van der Waals surface area contributed by atoms with E-state index in [2.05, 4.69) is 31.3 Å². The molecule has 0 aliphatic rings. The van der Waals surface area contributed by atoms with E-state index < -0.39 is 5.97 Å². The zero-order valence-electron chi connectivity index (χ0n) is 16.9. The number of aliphatic hydroxyl groups is 1. The molecule has 2 N–H and O–H groups in total. The van der Waals surface area contributed by atoms with Crippen molar-refractivity contribution in [1.82, 2.24) is 5.32 Å². The van der Waals surface area contributed by atoms with E-state index >= 15 is 0 Å². The number of rotatable bonds is 8. The zero-order chi connectivity index (χ0) is 20.7. The summed E-state index contributed by atoms with van der Waals surface area (Å²) in [4.78, 5) is 24.4. The third kappa shape index (κ3) is 5.92. The Kier molecular flexibility index (Phi) is 7.76. The van der Waals surface area contributed by atoms with Gasteiger partial charge in [-0.3, -0.25) is 4.79 Å². The molecular weight excluding hydrogens is 354 g/mol. The van der Waals surface area contributed by atoms with Gasteiger partial charge >= 0.3 is 5.97 Å². The smallest absolute Gasteiger partial charge is 0.338 e. The van der Waals surface area contributed by atoms with E-state index in [0.29, 0.717) is 17.0 Å².